The Labute approximate surface area is 107 Å². The second kappa shape index (κ2) is 5.82. The van der Waals surface area contributed by atoms with Crippen LogP contribution in [0.1, 0.15) is 24.8 Å². The van der Waals surface area contributed by atoms with Gasteiger partial charge in [0.05, 0.1) is 4.92 Å². The van der Waals surface area contributed by atoms with Crippen molar-refractivity contribution in [1.29, 1.82) is 0 Å². The van der Waals surface area contributed by atoms with Crippen molar-refractivity contribution < 1.29 is 4.92 Å². The lowest BCUT2D eigenvalue weighted by atomic mass is 10.2. The number of aryl methyl sites for hydroxylation is 1. The lowest BCUT2D eigenvalue weighted by Crippen LogP contribution is -2.20. The van der Waals surface area contributed by atoms with E-state index >= 15 is 0 Å². The molecule has 1 fully saturated rings. The Morgan fingerprint density at radius 1 is 1.39 bits per heavy atom. The van der Waals surface area contributed by atoms with Gasteiger partial charge in [-0.1, -0.05) is 6.07 Å². The summed E-state index contributed by atoms with van der Waals surface area (Å²) in [7, 11) is 0. The van der Waals surface area contributed by atoms with Gasteiger partial charge in [0.25, 0.3) is 5.69 Å². The van der Waals surface area contributed by atoms with Crippen molar-refractivity contribution in [2.75, 3.05) is 18.4 Å². The zero-order valence-electron chi connectivity index (χ0n) is 10.6. The molecule has 1 aliphatic rings. The minimum atomic E-state index is -0.336. The molecule has 1 aliphatic carbocycles. The molecule has 5 heteroatoms. The number of rotatable bonds is 7. The van der Waals surface area contributed by atoms with Crippen LogP contribution >= 0.6 is 0 Å². The molecule has 0 amide bonds. The first kappa shape index (κ1) is 12.8. The fourth-order valence-electron chi connectivity index (χ4n) is 1.85. The third-order valence-corrected chi connectivity index (χ3v) is 3.03. The van der Waals surface area contributed by atoms with E-state index in [0.717, 1.165) is 31.1 Å². The van der Waals surface area contributed by atoms with Gasteiger partial charge in [-0.15, -0.1) is 0 Å². The van der Waals surface area contributed by atoms with Gasteiger partial charge in [-0.2, -0.15) is 0 Å². The van der Waals surface area contributed by atoms with Crippen LogP contribution in [-0.4, -0.2) is 24.1 Å². The van der Waals surface area contributed by atoms with E-state index in [9.17, 15) is 10.1 Å². The Morgan fingerprint density at radius 2 is 2.17 bits per heavy atom. The molecule has 0 bridgehead atoms. The molecular weight excluding hydrogens is 230 g/mol. The van der Waals surface area contributed by atoms with Crippen molar-refractivity contribution in [1.82, 2.24) is 5.32 Å². The molecule has 2 rings (SSSR count). The summed E-state index contributed by atoms with van der Waals surface area (Å²) in [4.78, 5) is 10.6. The van der Waals surface area contributed by atoms with Gasteiger partial charge in [-0.3, -0.25) is 10.1 Å². The van der Waals surface area contributed by atoms with E-state index in [2.05, 4.69) is 10.6 Å². The number of nitro benzene ring substituents is 1. The highest BCUT2D eigenvalue weighted by atomic mass is 16.6. The molecule has 0 aromatic heterocycles. The maximum atomic E-state index is 10.9. The highest BCUT2D eigenvalue weighted by Crippen LogP contribution is 2.25. The van der Waals surface area contributed by atoms with Crippen molar-refractivity contribution in [3.8, 4) is 0 Å². The van der Waals surface area contributed by atoms with Crippen LogP contribution < -0.4 is 10.6 Å². The zero-order chi connectivity index (χ0) is 13.0. The summed E-state index contributed by atoms with van der Waals surface area (Å²) in [6.07, 6.45) is 3.55. The van der Waals surface area contributed by atoms with Crippen LogP contribution in [0.3, 0.4) is 0 Å². The largest absolute Gasteiger partial charge is 0.379 e. The predicted octanol–water partition coefficient (Wildman–Crippen LogP) is 2.46. The minimum Gasteiger partial charge on any atom is -0.379 e. The lowest BCUT2D eigenvalue weighted by Gasteiger charge is -2.08. The first-order chi connectivity index (χ1) is 8.66. The summed E-state index contributed by atoms with van der Waals surface area (Å²) >= 11 is 0. The van der Waals surface area contributed by atoms with Crippen molar-refractivity contribution in [3.05, 3.63) is 33.9 Å². The fourth-order valence-corrected chi connectivity index (χ4v) is 1.85. The van der Waals surface area contributed by atoms with E-state index in [1.54, 1.807) is 12.1 Å². The maximum absolute atomic E-state index is 10.9. The van der Waals surface area contributed by atoms with E-state index in [4.69, 9.17) is 0 Å². The summed E-state index contributed by atoms with van der Waals surface area (Å²) in [5.74, 6) is 0. The minimum absolute atomic E-state index is 0.158. The van der Waals surface area contributed by atoms with Crippen LogP contribution in [-0.2, 0) is 0 Å². The van der Waals surface area contributed by atoms with Crippen LogP contribution in [0.15, 0.2) is 18.2 Å². The number of nitrogens with one attached hydrogen (secondary N) is 2. The SMILES string of the molecule is Cc1ccc(NCCCNC2CC2)c([N+](=O)[O-])c1. The van der Waals surface area contributed by atoms with Crippen LogP contribution in [0.4, 0.5) is 11.4 Å². The van der Waals surface area contributed by atoms with Gasteiger partial charge in [0.1, 0.15) is 5.69 Å². The molecule has 18 heavy (non-hydrogen) atoms. The smallest absolute Gasteiger partial charge is 0.292 e. The average Bonchev–Trinajstić information content (AvgIpc) is 3.14. The second-order valence-electron chi connectivity index (χ2n) is 4.79. The third-order valence-electron chi connectivity index (χ3n) is 3.03. The van der Waals surface area contributed by atoms with Gasteiger partial charge < -0.3 is 10.6 Å². The summed E-state index contributed by atoms with van der Waals surface area (Å²) in [6, 6.07) is 5.99. The molecule has 2 N–H and O–H groups in total. The van der Waals surface area contributed by atoms with Gasteiger partial charge in [0.15, 0.2) is 0 Å². The van der Waals surface area contributed by atoms with E-state index in [1.807, 2.05) is 13.0 Å². The molecule has 5 nitrogen and oxygen atoms in total. The standard InChI is InChI=1S/C13H19N3O2/c1-10-3-6-12(13(9-10)16(17)18)15-8-2-7-14-11-4-5-11/h3,6,9,11,14-15H,2,4-5,7-8H2,1H3. The van der Waals surface area contributed by atoms with Crippen molar-refractivity contribution in [3.63, 3.8) is 0 Å². The molecule has 98 valence electrons. The first-order valence-electron chi connectivity index (χ1n) is 6.39. The Hall–Kier alpha value is -1.62. The van der Waals surface area contributed by atoms with Gasteiger partial charge in [0, 0.05) is 18.7 Å². The molecule has 0 aliphatic heterocycles. The van der Waals surface area contributed by atoms with E-state index in [0.29, 0.717) is 5.69 Å². The predicted molar refractivity (Wildman–Crippen MR) is 72.0 cm³/mol. The molecule has 0 heterocycles. The monoisotopic (exact) mass is 249 g/mol. The summed E-state index contributed by atoms with van der Waals surface area (Å²) in [6.45, 7) is 3.58. The second-order valence-corrected chi connectivity index (χ2v) is 4.79. The third kappa shape index (κ3) is 3.70. The molecule has 0 spiro atoms. The molecule has 0 unspecified atom stereocenters. The highest BCUT2D eigenvalue weighted by molar-refractivity contribution is 5.62. The van der Waals surface area contributed by atoms with Crippen LogP contribution in [0.2, 0.25) is 0 Å². The molecule has 0 saturated heterocycles. The van der Waals surface area contributed by atoms with Crippen molar-refractivity contribution in [2.45, 2.75) is 32.2 Å². The van der Waals surface area contributed by atoms with Crippen molar-refractivity contribution >= 4 is 11.4 Å². The quantitative estimate of drug-likeness (QED) is 0.442. The number of nitro groups is 1. The summed E-state index contributed by atoms with van der Waals surface area (Å²) < 4.78 is 0. The van der Waals surface area contributed by atoms with Crippen molar-refractivity contribution in [2.24, 2.45) is 0 Å². The van der Waals surface area contributed by atoms with Crippen LogP contribution in [0.5, 0.6) is 0 Å². The number of hydrogen-bond acceptors (Lipinski definition) is 4. The Morgan fingerprint density at radius 3 is 2.83 bits per heavy atom. The van der Waals surface area contributed by atoms with E-state index in [-0.39, 0.29) is 10.6 Å². The Kier molecular flexibility index (Phi) is 4.15. The summed E-state index contributed by atoms with van der Waals surface area (Å²) in [5, 5.41) is 17.5. The van der Waals surface area contributed by atoms with Gasteiger partial charge >= 0.3 is 0 Å². The highest BCUT2D eigenvalue weighted by Gasteiger charge is 2.19. The van der Waals surface area contributed by atoms with E-state index in [1.165, 1.54) is 12.8 Å². The molecule has 0 atom stereocenters. The van der Waals surface area contributed by atoms with Gasteiger partial charge in [0.2, 0.25) is 0 Å². The molecule has 1 saturated carbocycles. The molecule has 1 aromatic carbocycles. The number of anilines is 1. The maximum Gasteiger partial charge on any atom is 0.292 e. The zero-order valence-corrected chi connectivity index (χ0v) is 10.6. The Balaban J connectivity index is 1.81. The van der Waals surface area contributed by atoms with E-state index < -0.39 is 0 Å². The molecular formula is C13H19N3O2. The normalized spacial score (nSPS) is 14.5. The molecule has 1 aromatic rings. The van der Waals surface area contributed by atoms with Gasteiger partial charge in [-0.25, -0.2) is 0 Å². The topological polar surface area (TPSA) is 67.2 Å². The number of hydrogen-bond donors (Lipinski definition) is 2. The number of nitrogens with zero attached hydrogens (tertiary/aromatic N) is 1. The summed E-state index contributed by atoms with van der Waals surface area (Å²) in [5.41, 5.74) is 1.67. The number of benzene rings is 1. The van der Waals surface area contributed by atoms with Crippen LogP contribution in [0, 0.1) is 17.0 Å². The Bertz CT molecular complexity index is 430. The first-order valence-corrected chi connectivity index (χ1v) is 6.39. The van der Waals surface area contributed by atoms with Gasteiger partial charge in [-0.05, 0) is 44.4 Å². The fraction of sp³-hybridized carbons (Fsp3) is 0.538. The molecule has 0 radical (unpaired) electrons. The van der Waals surface area contributed by atoms with Crippen LogP contribution in [0.25, 0.3) is 0 Å². The average molecular weight is 249 g/mol. The lowest BCUT2D eigenvalue weighted by molar-refractivity contribution is -0.384.